The lowest BCUT2D eigenvalue weighted by Gasteiger charge is -2.21. The van der Waals surface area contributed by atoms with Gasteiger partial charge in [-0.1, -0.05) is 54.1 Å². The summed E-state index contributed by atoms with van der Waals surface area (Å²) in [5, 5.41) is 3.80. The molecule has 0 aromatic heterocycles. The third-order valence-corrected chi connectivity index (χ3v) is 5.82. The van der Waals surface area contributed by atoms with Crippen LogP contribution in [0.25, 0.3) is 11.1 Å². The van der Waals surface area contributed by atoms with E-state index in [2.05, 4.69) is 53.6 Å². The van der Waals surface area contributed by atoms with Gasteiger partial charge in [-0.2, -0.15) is 0 Å². The third-order valence-electron chi connectivity index (χ3n) is 5.60. The van der Waals surface area contributed by atoms with Crippen molar-refractivity contribution < 1.29 is 4.39 Å². The first-order valence-electron chi connectivity index (χ1n) is 10.2. The van der Waals surface area contributed by atoms with Gasteiger partial charge in [0.25, 0.3) is 0 Å². The van der Waals surface area contributed by atoms with E-state index in [4.69, 9.17) is 17.3 Å². The van der Waals surface area contributed by atoms with Crippen LogP contribution in [0.3, 0.4) is 0 Å². The molecule has 0 bridgehead atoms. The molecule has 3 nitrogen and oxygen atoms in total. The van der Waals surface area contributed by atoms with Gasteiger partial charge in [0, 0.05) is 17.6 Å². The maximum Gasteiger partial charge on any atom is 0.188 e. The van der Waals surface area contributed by atoms with Crippen molar-refractivity contribution in [2.24, 2.45) is 10.7 Å². The SMILES string of the molecule is Cc1cc(-c2cc(F)cc(Cl)c2)ccc1CC1Cc2ccccc2CCN=C(N)N1. The lowest BCUT2D eigenvalue weighted by atomic mass is 9.92. The predicted octanol–water partition coefficient (Wildman–Crippen LogP) is 5.07. The van der Waals surface area contributed by atoms with Crippen molar-refractivity contribution in [1.29, 1.82) is 0 Å². The Morgan fingerprint density at radius 1 is 1.07 bits per heavy atom. The van der Waals surface area contributed by atoms with E-state index < -0.39 is 0 Å². The smallest absolute Gasteiger partial charge is 0.188 e. The van der Waals surface area contributed by atoms with Crippen molar-refractivity contribution in [2.45, 2.75) is 32.2 Å². The number of nitrogens with zero attached hydrogens (tertiary/aromatic N) is 1. The summed E-state index contributed by atoms with van der Waals surface area (Å²) in [4.78, 5) is 4.46. The first kappa shape index (κ1) is 20.4. The zero-order valence-corrected chi connectivity index (χ0v) is 17.7. The summed E-state index contributed by atoms with van der Waals surface area (Å²) in [7, 11) is 0. The summed E-state index contributed by atoms with van der Waals surface area (Å²) in [5.41, 5.74) is 12.9. The van der Waals surface area contributed by atoms with Crippen LogP contribution in [-0.4, -0.2) is 18.5 Å². The topological polar surface area (TPSA) is 50.4 Å². The molecule has 1 atom stereocenters. The van der Waals surface area contributed by atoms with E-state index in [0.29, 0.717) is 17.5 Å². The monoisotopic (exact) mass is 421 g/mol. The molecule has 3 N–H and O–H groups in total. The van der Waals surface area contributed by atoms with Crippen LogP contribution in [-0.2, 0) is 19.3 Å². The first-order valence-corrected chi connectivity index (χ1v) is 10.5. The Morgan fingerprint density at radius 2 is 1.87 bits per heavy atom. The van der Waals surface area contributed by atoms with E-state index >= 15 is 0 Å². The Labute approximate surface area is 181 Å². The van der Waals surface area contributed by atoms with Gasteiger partial charge in [0.05, 0.1) is 0 Å². The van der Waals surface area contributed by atoms with Crippen molar-refractivity contribution >= 4 is 17.6 Å². The third kappa shape index (κ3) is 4.82. The lowest BCUT2D eigenvalue weighted by Crippen LogP contribution is -2.42. The molecule has 154 valence electrons. The van der Waals surface area contributed by atoms with Crippen LogP contribution in [0.1, 0.15) is 22.3 Å². The lowest BCUT2D eigenvalue weighted by molar-refractivity contribution is 0.595. The maximum absolute atomic E-state index is 13.7. The molecule has 0 saturated carbocycles. The van der Waals surface area contributed by atoms with E-state index in [1.54, 1.807) is 6.07 Å². The highest BCUT2D eigenvalue weighted by atomic mass is 35.5. The Morgan fingerprint density at radius 3 is 2.63 bits per heavy atom. The zero-order chi connectivity index (χ0) is 21.1. The Hall–Kier alpha value is -2.85. The maximum atomic E-state index is 13.7. The van der Waals surface area contributed by atoms with Crippen molar-refractivity contribution in [3.05, 3.63) is 93.8 Å². The number of rotatable bonds is 3. The zero-order valence-electron chi connectivity index (χ0n) is 17.0. The van der Waals surface area contributed by atoms with E-state index in [1.165, 1.54) is 28.8 Å². The van der Waals surface area contributed by atoms with Crippen LogP contribution in [0, 0.1) is 12.7 Å². The van der Waals surface area contributed by atoms with Gasteiger partial charge in [0.2, 0.25) is 0 Å². The van der Waals surface area contributed by atoms with E-state index in [0.717, 1.165) is 36.0 Å². The van der Waals surface area contributed by atoms with E-state index in [9.17, 15) is 4.39 Å². The van der Waals surface area contributed by atoms with Gasteiger partial charge in [0.15, 0.2) is 5.96 Å². The second-order valence-electron chi connectivity index (χ2n) is 7.83. The fraction of sp³-hybridized carbons (Fsp3) is 0.240. The summed E-state index contributed by atoms with van der Waals surface area (Å²) < 4.78 is 13.7. The summed E-state index contributed by atoms with van der Waals surface area (Å²) in [6, 6.07) is 19.5. The normalized spacial score (nSPS) is 16.5. The number of fused-ring (bicyclic) bond motifs is 1. The van der Waals surface area contributed by atoms with Crippen LogP contribution in [0.15, 0.2) is 65.7 Å². The number of aryl methyl sites for hydroxylation is 1. The molecule has 0 saturated heterocycles. The number of guanidine groups is 1. The van der Waals surface area contributed by atoms with Gasteiger partial charge < -0.3 is 11.1 Å². The number of halogens is 2. The van der Waals surface area contributed by atoms with Crippen molar-refractivity contribution in [1.82, 2.24) is 5.32 Å². The summed E-state index contributed by atoms with van der Waals surface area (Å²) in [5.74, 6) is 0.166. The summed E-state index contributed by atoms with van der Waals surface area (Å²) in [6.07, 6.45) is 2.60. The molecule has 4 rings (SSSR count). The highest BCUT2D eigenvalue weighted by molar-refractivity contribution is 6.30. The van der Waals surface area contributed by atoms with Crippen molar-refractivity contribution in [2.75, 3.05) is 6.54 Å². The molecular formula is C25H25ClFN3. The minimum absolute atomic E-state index is 0.140. The number of aliphatic imine (C=N–C) groups is 1. The predicted molar refractivity (Wildman–Crippen MR) is 123 cm³/mol. The minimum Gasteiger partial charge on any atom is -0.370 e. The molecular weight excluding hydrogens is 397 g/mol. The van der Waals surface area contributed by atoms with Crippen LogP contribution in [0.2, 0.25) is 5.02 Å². The molecule has 0 radical (unpaired) electrons. The van der Waals surface area contributed by atoms with Crippen molar-refractivity contribution in [3.8, 4) is 11.1 Å². The second kappa shape index (κ2) is 8.88. The van der Waals surface area contributed by atoms with Crippen LogP contribution in [0.4, 0.5) is 4.39 Å². The molecule has 30 heavy (non-hydrogen) atoms. The van der Waals surface area contributed by atoms with Crippen LogP contribution >= 0.6 is 11.6 Å². The van der Waals surface area contributed by atoms with Gasteiger partial charge in [-0.05, 0) is 77.8 Å². The van der Waals surface area contributed by atoms with Gasteiger partial charge in [0.1, 0.15) is 5.82 Å². The number of hydrogen-bond donors (Lipinski definition) is 2. The van der Waals surface area contributed by atoms with Gasteiger partial charge in [-0.3, -0.25) is 4.99 Å². The number of nitrogens with two attached hydrogens (primary N) is 1. The molecule has 1 aliphatic rings. The van der Waals surface area contributed by atoms with Gasteiger partial charge >= 0.3 is 0 Å². The Kier molecular flexibility index (Phi) is 6.05. The molecule has 1 unspecified atom stereocenters. The summed E-state index contributed by atoms with van der Waals surface area (Å²) in [6.45, 7) is 2.77. The van der Waals surface area contributed by atoms with Crippen molar-refractivity contribution in [3.63, 3.8) is 0 Å². The molecule has 0 amide bonds. The minimum atomic E-state index is -0.331. The van der Waals surface area contributed by atoms with E-state index in [1.807, 2.05) is 6.07 Å². The molecule has 3 aromatic carbocycles. The quantitative estimate of drug-likeness (QED) is 0.620. The molecule has 0 aliphatic carbocycles. The van der Waals surface area contributed by atoms with Gasteiger partial charge in [-0.15, -0.1) is 0 Å². The number of nitrogens with one attached hydrogen (secondary N) is 1. The molecule has 1 aliphatic heterocycles. The highest BCUT2D eigenvalue weighted by Gasteiger charge is 2.17. The fourth-order valence-corrected chi connectivity index (χ4v) is 4.30. The molecule has 0 fully saturated rings. The van der Waals surface area contributed by atoms with Crippen LogP contribution < -0.4 is 11.1 Å². The second-order valence-corrected chi connectivity index (χ2v) is 8.27. The van der Waals surface area contributed by atoms with Gasteiger partial charge in [-0.25, -0.2) is 4.39 Å². The fourth-order valence-electron chi connectivity index (χ4n) is 4.08. The molecule has 5 heteroatoms. The first-order chi connectivity index (χ1) is 14.5. The number of hydrogen-bond acceptors (Lipinski definition) is 3. The standard InChI is InChI=1S/C25H25ClFN3/c1-16-10-20(21-11-22(26)15-23(27)12-21)7-6-18(16)13-24-14-19-5-3-2-4-17(19)8-9-29-25(28)30-24/h2-7,10-12,15,24H,8-9,13-14H2,1H3,(H3,28,29,30). The largest absolute Gasteiger partial charge is 0.370 e. The molecule has 0 spiro atoms. The van der Waals surface area contributed by atoms with Crippen LogP contribution in [0.5, 0.6) is 0 Å². The molecule has 3 aromatic rings. The number of benzene rings is 3. The Bertz CT molecular complexity index is 1070. The summed E-state index contributed by atoms with van der Waals surface area (Å²) >= 11 is 6.03. The average molecular weight is 422 g/mol. The van der Waals surface area contributed by atoms with E-state index in [-0.39, 0.29) is 11.9 Å². The average Bonchev–Trinajstić information content (AvgIpc) is 2.77. The highest BCUT2D eigenvalue weighted by Crippen LogP contribution is 2.27. The Balaban J connectivity index is 1.59. The molecule has 1 heterocycles.